The molecule has 1 aliphatic rings. The molecule has 1 unspecified atom stereocenters. The molecule has 0 amide bonds. The zero-order valence-electron chi connectivity index (χ0n) is 12.8. The van der Waals surface area contributed by atoms with Crippen LogP contribution in [0.1, 0.15) is 29.3 Å². The molecule has 2 aromatic carbocycles. The molecular formula is C19H17ClIO2-. The molecule has 3 rings (SSSR count). The van der Waals surface area contributed by atoms with E-state index in [2.05, 4.69) is 24.3 Å². The molecule has 2 aromatic rings. The maximum atomic E-state index is 12.5. The van der Waals surface area contributed by atoms with E-state index in [1.807, 2.05) is 43.3 Å². The number of rotatable bonds is 4. The predicted molar refractivity (Wildman–Crippen MR) is 90.3 cm³/mol. The van der Waals surface area contributed by atoms with E-state index in [0.29, 0.717) is 12.2 Å². The molecular weight excluding hydrogens is 423 g/mol. The van der Waals surface area contributed by atoms with E-state index >= 15 is 0 Å². The molecule has 0 radical (unpaired) electrons. The van der Waals surface area contributed by atoms with E-state index in [9.17, 15) is 4.79 Å². The summed E-state index contributed by atoms with van der Waals surface area (Å²) in [5.41, 5.74) is 1.64. The van der Waals surface area contributed by atoms with Gasteiger partial charge in [-0.2, -0.15) is 0 Å². The SMILES string of the molecule is CCOC(=O)c1ccc2ccccc2c1C1([I-]Cl)C=CC=CC1. The van der Waals surface area contributed by atoms with Crippen molar-refractivity contribution in [2.45, 2.75) is 16.8 Å². The Hall–Kier alpha value is -1.33. The van der Waals surface area contributed by atoms with Gasteiger partial charge in [-0.15, -0.1) is 0 Å². The van der Waals surface area contributed by atoms with Crippen molar-refractivity contribution < 1.29 is 29.6 Å². The second-order valence-corrected chi connectivity index (χ2v) is 8.65. The fourth-order valence-corrected chi connectivity index (χ4v) is 5.71. The number of halogens is 2. The molecule has 0 heterocycles. The van der Waals surface area contributed by atoms with Gasteiger partial charge in [0.15, 0.2) is 0 Å². The summed E-state index contributed by atoms with van der Waals surface area (Å²) in [6.45, 7) is 2.19. The Kier molecular flexibility index (Phi) is 5.07. The van der Waals surface area contributed by atoms with Crippen LogP contribution >= 0.6 is 8.91 Å². The third kappa shape index (κ3) is 3.04. The van der Waals surface area contributed by atoms with Gasteiger partial charge in [-0.1, -0.05) is 0 Å². The molecule has 0 bridgehead atoms. The second-order valence-electron chi connectivity index (χ2n) is 5.36. The fourth-order valence-electron chi connectivity index (χ4n) is 2.97. The molecule has 0 aliphatic heterocycles. The summed E-state index contributed by atoms with van der Waals surface area (Å²) in [6, 6.07) is 12.0. The van der Waals surface area contributed by atoms with Crippen molar-refractivity contribution in [1.29, 1.82) is 0 Å². The average molecular weight is 440 g/mol. The number of hydrogen-bond acceptors (Lipinski definition) is 2. The summed E-state index contributed by atoms with van der Waals surface area (Å²) in [5.74, 6) is -0.273. The van der Waals surface area contributed by atoms with Crippen LogP contribution in [0.4, 0.5) is 0 Å². The van der Waals surface area contributed by atoms with E-state index in [1.165, 1.54) is 0 Å². The number of benzene rings is 2. The first-order valence-electron chi connectivity index (χ1n) is 7.52. The first-order chi connectivity index (χ1) is 11.2. The number of carbonyl (C=O) groups is 1. The van der Waals surface area contributed by atoms with E-state index < -0.39 is 20.1 Å². The second kappa shape index (κ2) is 7.05. The van der Waals surface area contributed by atoms with Crippen molar-refractivity contribution in [2.75, 3.05) is 6.61 Å². The molecule has 2 nitrogen and oxygen atoms in total. The Morgan fingerprint density at radius 2 is 2.09 bits per heavy atom. The van der Waals surface area contributed by atoms with Gasteiger partial charge in [-0.05, 0) is 0 Å². The van der Waals surface area contributed by atoms with E-state index in [-0.39, 0.29) is 9.39 Å². The minimum atomic E-state index is -0.680. The number of allylic oxidation sites excluding steroid dienone is 4. The monoisotopic (exact) mass is 439 g/mol. The summed E-state index contributed by atoms with van der Waals surface area (Å²) < 4.78 is 5.01. The third-order valence-electron chi connectivity index (χ3n) is 3.99. The summed E-state index contributed by atoms with van der Waals surface area (Å²) in [5, 5.41) is 2.20. The Morgan fingerprint density at radius 1 is 1.26 bits per heavy atom. The molecule has 1 atom stereocenters. The van der Waals surface area contributed by atoms with Crippen LogP contribution in [-0.2, 0) is 8.16 Å². The standard InChI is InChI=1S/C19H17ClIO2/c1-2-23-18(22)16-11-10-14-8-4-5-9-15(14)17(16)19(21-20)12-6-3-7-13-19/h3-12H,2,13H2,1H3/q-1. The molecule has 0 spiro atoms. The van der Waals surface area contributed by atoms with Crippen molar-refractivity contribution in [3.63, 3.8) is 0 Å². The summed E-state index contributed by atoms with van der Waals surface area (Å²) in [6.07, 6.45) is 9.16. The van der Waals surface area contributed by atoms with E-state index in [1.54, 1.807) is 0 Å². The van der Waals surface area contributed by atoms with Gasteiger partial charge >= 0.3 is 150 Å². The average Bonchev–Trinajstić information content (AvgIpc) is 2.61. The number of hydrogen-bond donors (Lipinski definition) is 0. The van der Waals surface area contributed by atoms with Crippen LogP contribution < -0.4 is 20.1 Å². The Labute approximate surface area is 150 Å². The van der Waals surface area contributed by atoms with Crippen molar-refractivity contribution in [1.82, 2.24) is 0 Å². The Balaban J connectivity index is 2.30. The number of carbonyl (C=O) groups excluding carboxylic acids is 1. The fraction of sp³-hybridized carbons (Fsp3) is 0.211. The predicted octanol–water partition coefficient (Wildman–Crippen LogP) is 1.97. The maximum absolute atomic E-state index is 12.5. The van der Waals surface area contributed by atoms with Crippen LogP contribution in [0.5, 0.6) is 0 Å². The van der Waals surface area contributed by atoms with Gasteiger partial charge in [-0.25, -0.2) is 0 Å². The van der Waals surface area contributed by atoms with Crippen LogP contribution in [-0.4, -0.2) is 12.6 Å². The molecule has 23 heavy (non-hydrogen) atoms. The van der Waals surface area contributed by atoms with Crippen LogP contribution in [0.15, 0.2) is 60.7 Å². The Bertz CT molecular complexity index is 797. The normalized spacial score (nSPS) is 20.1. The van der Waals surface area contributed by atoms with Crippen LogP contribution in [0.25, 0.3) is 10.8 Å². The first kappa shape index (κ1) is 16.5. The molecule has 0 aromatic heterocycles. The number of ether oxygens (including phenoxy) is 1. The van der Waals surface area contributed by atoms with Gasteiger partial charge < -0.3 is 0 Å². The topological polar surface area (TPSA) is 26.3 Å². The molecule has 0 N–H and O–H groups in total. The van der Waals surface area contributed by atoms with Gasteiger partial charge in [0.25, 0.3) is 0 Å². The molecule has 0 saturated carbocycles. The van der Waals surface area contributed by atoms with Crippen molar-refractivity contribution in [2.24, 2.45) is 0 Å². The van der Waals surface area contributed by atoms with Gasteiger partial charge in [0.1, 0.15) is 0 Å². The summed E-state index contributed by atoms with van der Waals surface area (Å²) >= 11 is -0.680. The van der Waals surface area contributed by atoms with Gasteiger partial charge in [-0.3, -0.25) is 0 Å². The minimum absolute atomic E-state index is 0.273. The molecule has 0 saturated heterocycles. The number of esters is 1. The van der Waals surface area contributed by atoms with Crippen LogP contribution in [0.2, 0.25) is 0 Å². The zero-order chi connectivity index (χ0) is 16.3. The van der Waals surface area contributed by atoms with Crippen LogP contribution in [0, 0.1) is 0 Å². The Morgan fingerprint density at radius 3 is 2.78 bits per heavy atom. The zero-order valence-corrected chi connectivity index (χ0v) is 15.7. The molecule has 4 heteroatoms. The van der Waals surface area contributed by atoms with Crippen molar-refractivity contribution >= 4 is 25.7 Å². The third-order valence-corrected chi connectivity index (χ3v) is 7.77. The van der Waals surface area contributed by atoms with E-state index in [0.717, 1.165) is 22.8 Å². The molecule has 120 valence electrons. The van der Waals surface area contributed by atoms with Crippen molar-refractivity contribution in [3.05, 3.63) is 71.8 Å². The van der Waals surface area contributed by atoms with Crippen molar-refractivity contribution in [3.8, 4) is 0 Å². The quantitative estimate of drug-likeness (QED) is 0.414. The van der Waals surface area contributed by atoms with Gasteiger partial charge in [0.2, 0.25) is 0 Å². The molecule has 0 fully saturated rings. The summed E-state index contributed by atoms with van der Waals surface area (Å²) in [4.78, 5) is 12.5. The number of alkyl halides is 1. The number of fused-ring (bicyclic) bond motifs is 1. The van der Waals surface area contributed by atoms with Gasteiger partial charge in [0.05, 0.1) is 0 Å². The van der Waals surface area contributed by atoms with E-state index in [4.69, 9.17) is 13.6 Å². The summed E-state index contributed by atoms with van der Waals surface area (Å²) in [7, 11) is 6.50. The first-order valence-corrected chi connectivity index (χ1v) is 11.3. The molecule has 1 aliphatic carbocycles. The van der Waals surface area contributed by atoms with Gasteiger partial charge in [0, 0.05) is 0 Å². The van der Waals surface area contributed by atoms with Crippen LogP contribution in [0.3, 0.4) is 0 Å².